The number of aromatic nitrogens is 1. The number of aryl methyl sites for hydroxylation is 1. The predicted molar refractivity (Wildman–Crippen MR) is 66.9 cm³/mol. The molecule has 1 aromatic heterocycles. The van der Waals surface area contributed by atoms with Gasteiger partial charge in [0, 0.05) is 0 Å². The van der Waals surface area contributed by atoms with Crippen molar-refractivity contribution in [3.05, 3.63) is 22.7 Å². The van der Waals surface area contributed by atoms with Crippen LogP contribution in [-0.2, 0) is 11.2 Å². The smallest absolute Gasteiger partial charge is 0.338 e. The second-order valence-electron chi connectivity index (χ2n) is 3.48. The van der Waals surface area contributed by atoms with Crippen molar-refractivity contribution in [3.8, 4) is 5.75 Å². The van der Waals surface area contributed by atoms with Gasteiger partial charge in [0.15, 0.2) is 0 Å². The summed E-state index contributed by atoms with van der Waals surface area (Å²) in [6.45, 7) is 2.05. The number of methoxy groups -OCH3 is 2. The van der Waals surface area contributed by atoms with Crippen molar-refractivity contribution in [1.29, 1.82) is 0 Å². The van der Waals surface area contributed by atoms with Gasteiger partial charge in [-0.25, -0.2) is 9.78 Å². The molecule has 5 heteroatoms. The number of esters is 1. The highest BCUT2D eigenvalue weighted by atomic mass is 32.1. The van der Waals surface area contributed by atoms with Crippen LogP contribution in [-0.4, -0.2) is 25.2 Å². The molecule has 0 amide bonds. The third-order valence-corrected chi connectivity index (χ3v) is 3.59. The van der Waals surface area contributed by atoms with E-state index in [9.17, 15) is 4.79 Å². The van der Waals surface area contributed by atoms with Gasteiger partial charge >= 0.3 is 5.97 Å². The van der Waals surface area contributed by atoms with Gasteiger partial charge in [-0.15, -0.1) is 11.3 Å². The van der Waals surface area contributed by atoms with E-state index in [4.69, 9.17) is 9.47 Å². The van der Waals surface area contributed by atoms with Crippen molar-refractivity contribution in [2.24, 2.45) is 0 Å². The van der Waals surface area contributed by atoms with Crippen LogP contribution in [0.25, 0.3) is 10.2 Å². The van der Waals surface area contributed by atoms with Crippen LogP contribution in [0.15, 0.2) is 12.1 Å². The molecule has 90 valence electrons. The Bertz CT molecular complexity index is 562. The van der Waals surface area contributed by atoms with E-state index in [1.807, 2.05) is 6.92 Å². The fraction of sp³-hybridized carbons (Fsp3) is 0.333. The quantitative estimate of drug-likeness (QED) is 0.787. The maximum Gasteiger partial charge on any atom is 0.338 e. The van der Waals surface area contributed by atoms with Crippen LogP contribution in [0.1, 0.15) is 22.3 Å². The first-order chi connectivity index (χ1) is 8.19. The highest BCUT2D eigenvalue weighted by Gasteiger charge is 2.14. The van der Waals surface area contributed by atoms with Gasteiger partial charge in [-0.2, -0.15) is 0 Å². The maximum absolute atomic E-state index is 11.5. The van der Waals surface area contributed by atoms with E-state index in [1.54, 1.807) is 30.6 Å². The summed E-state index contributed by atoms with van der Waals surface area (Å²) in [6, 6.07) is 3.45. The normalized spacial score (nSPS) is 10.5. The summed E-state index contributed by atoms with van der Waals surface area (Å²) >= 11 is 1.57. The minimum Gasteiger partial charge on any atom is -0.494 e. The largest absolute Gasteiger partial charge is 0.494 e. The monoisotopic (exact) mass is 251 g/mol. The molecule has 0 bridgehead atoms. The Morgan fingerprint density at radius 1 is 1.41 bits per heavy atom. The Balaban J connectivity index is 2.64. The second-order valence-corrected chi connectivity index (χ2v) is 4.59. The number of hydrogen-bond donors (Lipinski definition) is 0. The number of carbonyl (C=O) groups excluding carboxylic acids is 1. The van der Waals surface area contributed by atoms with Gasteiger partial charge in [0.2, 0.25) is 0 Å². The van der Waals surface area contributed by atoms with Crippen LogP contribution in [0.5, 0.6) is 5.75 Å². The third-order valence-electron chi connectivity index (χ3n) is 2.45. The van der Waals surface area contributed by atoms with Crippen LogP contribution in [0.2, 0.25) is 0 Å². The molecule has 0 spiro atoms. The molecule has 1 heterocycles. The zero-order valence-electron chi connectivity index (χ0n) is 9.94. The minimum absolute atomic E-state index is 0.364. The van der Waals surface area contributed by atoms with Crippen molar-refractivity contribution in [3.63, 3.8) is 0 Å². The lowest BCUT2D eigenvalue weighted by atomic mass is 10.2. The van der Waals surface area contributed by atoms with E-state index in [0.29, 0.717) is 11.3 Å². The van der Waals surface area contributed by atoms with E-state index < -0.39 is 0 Å². The number of ether oxygens (including phenoxy) is 2. The molecule has 1 aromatic carbocycles. The molecule has 17 heavy (non-hydrogen) atoms. The summed E-state index contributed by atoms with van der Waals surface area (Å²) in [5, 5.41) is 1.03. The van der Waals surface area contributed by atoms with E-state index in [1.165, 1.54) is 7.11 Å². The Labute approximate surface area is 103 Å². The Hall–Kier alpha value is -1.62. The zero-order chi connectivity index (χ0) is 12.4. The van der Waals surface area contributed by atoms with Crippen molar-refractivity contribution in [2.45, 2.75) is 13.3 Å². The average molecular weight is 251 g/mol. The van der Waals surface area contributed by atoms with Gasteiger partial charge in [0.1, 0.15) is 11.3 Å². The predicted octanol–water partition coefficient (Wildman–Crippen LogP) is 2.65. The summed E-state index contributed by atoms with van der Waals surface area (Å²) in [4.78, 5) is 16.0. The van der Waals surface area contributed by atoms with Gasteiger partial charge in [0.05, 0.1) is 29.5 Å². The fourth-order valence-corrected chi connectivity index (χ4v) is 2.55. The van der Waals surface area contributed by atoms with E-state index in [0.717, 1.165) is 21.6 Å². The number of hydrogen-bond acceptors (Lipinski definition) is 5. The molecule has 4 nitrogen and oxygen atoms in total. The zero-order valence-corrected chi connectivity index (χ0v) is 10.8. The van der Waals surface area contributed by atoms with Gasteiger partial charge in [-0.1, -0.05) is 6.92 Å². The number of benzene rings is 1. The molecule has 0 unspecified atom stereocenters. The first kappa shape index (κ1) is 11.9. The number of thiazole rings is 1. The molecule has 0 aliphatic carbocycles. The molecular formula is C12H13NO3S. The molecule has 0 saturated carbocycles. The Morgan fingerprint density at radius 2 is 2.18 bits per heavy atom. The number of carbonyl (C=O) groups is 1. The summed E-state index contributed by atoms with van der Waals surface area (Å²) in [6.07, 6.45) is 0.871. The topological polar surface area (TPSA) is 48.4 Å². The molecule has 0 saturated heterocycles. The summed E-state index contributed by atoms with van der Waals surface area (Å²) in [7, 11) is 2.93. The lowest BCUT2D eigenvalue weighted by Gasteiger charge is -2.03. The average Bonchev–Trinajstić information content (AvgIpc) is 2.79. The molecule has 0 aliphatic rings. The van der Waals surface area contributed by atoms with Gasteiger partial charge in [-0.05, 0) is 18.6 Å². The molecule has 0 atom stereocenters. The second kappa shape index (κ2) is 4.71. The first-order valence-corrected chi connectivity index (χ1v) is 6.07. The highest BCUT2D eigenvalue weighted by Crippen LogP contribution is 2.31. The van der Waals surface area contributed by atoms with E-state index in [-0.39, 0.29) is 5.97 Å². The standard InChI is InChI=1S/C12H13NO3S/c1-4-10-13-11-8(15-2)5-7(12(14)16-3)6-9(11)17-10/h5-6H,4H2,1-3H3. The minimum atomic E-state index is -0.364. The molecule has 2 aromatic rings. The van der Waals surface area contributed by atoms with Gasteiger partial charge in [-0.3, -0.25) is 0 Å². The van der Waals surface area contributed by atoms with Crippen LogP contribution >= 0.6 is 11.3 Å². The lowest BCUT2D eigenvalue weighted by molar-refractivity contribution is 0.0600. The highest BCUT2D eigenvalue weighted by molar-refractivity contribution is 7.18. The Kier molecular flexibility index (Phi) is 3.28. The van der Waals surface area contributed by atoms with E-state index >= 15 is 0 Å². The van der Waals surface area contributed by atoms with E-state index in [2.05, 4.69) is 4.98 Å². The summed E-state index contributed by atoms with van der Waals surface area (Å²) in [5.41, 5.74) is 1.30. The van der Waals surface area contributed by atoms with Crippen LogP contribution in [0.3, 0.4) is 0 Å². The molecule has 0 fully saturated rings. The van der Waals surface area contributed by atoms with Crippen molar-refractivity contribution >= 4 is 27.5 Å². The van der Waals surface area contributed by atoms with Crippen molar-refractivity contribution < 1.29 is 14.3 Å². The van der Waals surface area contributed by atoms with Gasteiger partial charge in [0.25, 0.3) is 0 Å². The summed E-state index contributed by atoms with van der Waals surface area (Å²) in [5.74, 6) is 0.246. The number of fused-ring (bicyclic) bond motifs is 1. The molecule has 0 N–H and O–H groups in total. The van der Waals surface area contributed by atoms with Crippen LogP contribution < -0.4 is 4.74 Å². The first-order valence-electron chi connectivity index (χ1n) is 5.25. The SMILES string of the molecule is CCc1nc2c(OC)cc(C(=O)OC)cc2s1. The molecule has 2 rings (SSSR count). The number of rotatable bonds is 3. The van der Waals surface area contributed by atoms with Crippen molar-refractivity contribution in [2.75, 3.05) is 14.2 Å². The molecular weight excluding hydrogens is 238 g/mol. The maximum atomic E-state index is 11.5. The third kappa shape index (κ3) is 2.10. The molecule has 0 aliphatic heterocycles. The number of nitrogens with zero attached hydrogens (tertiary/aromatic N) is 1. The van der Waals surface area contributed by atoms with Crippen LogP contribution in [0.4, 0.5) is 0 Å². The van der Waals surface area contributed by atoms with Crippen molar-refractivity contribution in [1.82, 2.24) is 4.98 Å². The molecule has 0 radical (unpaired) electrons. The fourth-order valence-electron chi connectivity index (χ4n) is 1.59. The summed E-state index contributed by atoms with van der Waals surface area (Å²) < 4.78 is 10.9. The lowest BCUT2D eigenvalue weighted by Crippen LogP contribution is -2.01. The van der Waals surface area contributed by atoms with Crippen LogP contribution in [0, 0.1) is 0 Å². The Morgan fingerprint density at radius 3 is 2.76 bits per heavy atom. The van der Waals surface area contributed by atoms with Gasteiger partial charge < -0.3 is 9.47 Å².